The summed E-state index contributed by atoms with van der Waals surface area (Å²) in [7, 11) is -3.42. The van der Waals surface area contributed by atoms with Crippen LogP contribution in [0.25, 0.3) is 0 Å². The highest BCUT2D eigenvalue weighted by molar-refractivity contribution is 7.92. The van der Waals surface area contributed by atoms with Crippen LogP contribution in [0.1, 0.15) is 32.8 Å². The van der Waals surface area contributed by atoms with Crippen molar-refractivity contribution in [3.63, 3.8) is 0 Å². The fourth-order valence-corrected chi connectivity index (χ4v) is 3.09. The van der Waals surface area contributed by atoms with E-state index in [1.54, 1.807) is 6.07 Å². The molecule has 22 heavy (non-hydrogen) atoms. The first-order chi connectivity index (χ1) is 10.3. The molecule has 124 valence electrons. The molecule has 5 nitrogen and oxygen atoms in total. The molecule has 0 aromatic heterocycles. The second kappa shape index (κ2) is 8.17. The number of rotatable bonds is 8. The van der Waals surface area contributed by atoms with Crippen LogP contribution in [0.15, 0.2) is 24.3 Å². The van der Waals surface area contributed by atoms with Gasteiger partial charge in [-0.05, 0) is 24.0 Å². The third-order valence-electron chi connectivity index (χ3n) is 3.29. The van der Waals surface area contributed by atoms with E-state index in [1.165, 1.54) is 10.6 Å². The van der Waals surface area contributed by atoms with E-state index < -0.39 is 10.0 Å². The molecule has 0 aliphatic heterocycles. The Labute approximate surface area is 133 Å². The molecule has 0 spiro atoms. The van der Waals surface area contributed by atoms with Gasteiger partial charge in [0.05, 0.1) is 11.9 Å². The van der Waals surface area contributed by atoms with Crippen LogP contribution >= 0.6 is 0 Å². The van der Waals surface area contributed by atoms with E-state index in [4.69, 9.17) is 0 Å². The Morgan fingerprint density at radius 1 is 1.27 bits per heavy atom. The maximum atomic E-state index is 12.1. The van der Waals surface area contributed by atoms with Crippen molar-refractivity contribution in [2.45, 2.75) is 33.6 Å². The normalized spacial score (nSPS) is 11.5. The van der Waals surface area contributed by atoms with E-state index >= 15 is 0 Å². The lowest BCUT2D eigenvalue weighted by Crippen LogP contribution is -2.36. The minimum absolute atomic E-state index is 0.128. The number of nitrogens with one attached hydrogen (secondary N) is 1. The first-order valence-electron chi connectivity index (χ1n) is 7.58. The molecule has 0 aliphatic rings. The predicted octanol–water partition coefficient (Wildman–Crippen LogP) is 2.18. The molecule has 1 rings (SSSR count). The lowest BCUT2D eigenvalue weighted by atomic mass is 10.1. The van der Waals surface area contributed by atoms with Gasteiger partial charge in [-0.2, -0.15) is 0 Å². The molecule has 0 heterocycles. The molecule has 0 atom stereocenters. The Hall–Kier alpha value is -1.56. The fraction of sp³-hybridized carbons (Fsp3) is 0.562. The lowest BCUT2D eigenvalue weighted by Gasteiger charge is -2.24. The van der Waals surface area contributed by atoms with E-state index in [0.717, 1.165) is 12.0 Å². The van der Waals surface area contributed by atoms with Crippen molar-refractivity contribution in [3.05, 3.63) is 29.8 Å². The molecule has 0 fully saturated rings. The minimum atomic E-state index is -3.42. The number of nitrogens with zero attached hydrogens (tertiary/aromatic N) is 1. The molecule has 0 radical (unpaired) electrons. The zero-order valence-electron chi connectivity index (χ0n) is 13.8. The van der Waals surface area contributed by atoms with Gasteiger partial charge >= 0.3 is 0 Å². The van der Waals surface area contributed by atoms with E-state index in [-0.39, 0.29) is 18.9 Å². The summed E-state index contributed by atoms with van der Waals surface area (Å²) >= 11 is 0. The molecule has 0 bridgehead atoms. The van der Waals surface area contributed by atoms with Gasteiger partial charge in [0.25, 0.3) is 0 Å². The quantitative estimate of drug-likeness (QED) is 0.796. The van der Waals surface area contributed by atoms with Crippen LogP contribution in [0.2, 0.25) is 0 Å². The number of sulfonamides is 1. The number of carbonyl (C=O) groups is 1. The molecule has 0 saturated carbocycles. The standard InChI is InChI=1S/C16H26N2O3S/c1-5-14-8-6-7-9-15(14)18(22(4,20)21)11-10-16(19)17-12-13(2)3/h6-9,13H,5,10-12H2,1-4H3,(H,17,19). The van der Waals surface area contributed by atoms with Crippen molar-refractivity contribution in [1.29, 1.82) is 0 Å². The average molecular weight is 326 g/mol. The molecule has 0 unspecified atom stereocenters. The number of benzene rings is 1. The average Bonchev–Trinajstić information content (AvgIpc) is 2.44. The summed E-state index contributed by atoms with van der Waals surface area (Å²) in [6.07, 6.45) is 2.06. The summed E-state index contributed by atoms with van der Waals surface area (Å²) in [6.45, 7) is 6.76. The highest BCUT2D eigenvalue weighted by Gasteiger charge is 2.20. The molecular formula is C16H26N2O3S. The van der Waals surface area contributed by atoms with E-state index in [1.807, 2.05) is 39.0 Å². The van der Waals surface area contributed by atoms with Crippen molar-refractivity contribution < 1.29 is 13.2 Å². The van der Waals surface area contributed by atoms with Crippen molar-refractivity contribution in [1.82, 2.24) is 5.32 Å². The predicted molar refractivity (Wildman–Crippen MR) is 90.5 cm³/mol. The second-order valence-electron chi connectivity index (χ2n) is 5.77. The number of aryl methyl sites for hydroxylation is 1. The Kier molecular flexibility index (Phi) is 6.87. The molecule has 1 N–H and O–H groups in total. The fourth-order valence-electron chi connectivity index (χ4n) is 2.13. The zero-order valence-corrected chi connectivity index (χ0v) is 14.6. The van der Waals surface area contributed by atoms with Crippen LogP contribution in [-0.2, 0) is 21.2 Å². The van der Waals surface area contributed by atoms with Gasteiger partial charge in [0, 0.05) is 19.5 Å². The number of hydrogen-bond acceptors (Lipinski definition) is 3. The third kappa shape index (κ3) is 5.67. The summed E-state index contributed by atoms with van der Waals surface area (Å²) < 4.78 is 25.5. The van der Waals surface area contributed by atoms with Gasteiger partial charge < -0.3 is 5.32 Å². The van der Waals surface area contributed by atoms with Gasteiger partial charge in [-0.1, -0.05) is 39.0 Å². The van der Waals surface area contributed by atoms with Gasteiger partial charge in [0.1, 0.15) is 0 Å². The Morgan fingerprint density at radius 3 is 2.45 bits per heavy atom. The van der Waals surface area contributed by atoms with Gasteiger partial charge in [-0.3, -0.25) is 9.10 Å². The van der Waals surface area contributed by atoms with Crippen LogP contribution in [0.5, 0.6) is 0 Å². The van der Waals surface area contributed by atoms with Crippen LogP contribution in [0.3, 0.4) is 0 Å². The first-order valence-corrected chi connectivity index (χ1v) is 9.42. The topological polar surface area (TPSA) is 66.5 Å². The largest absolute Gasteiger partial charge is 0.356 e. The Bertz CT molecular complexity index is 597. The number of amides is 1. The van der Waals surface area contributed by atoms with E-state index in [9.17, 15) is 13.2 Å². The van der Waals surface area contributed by atoms with Crippen molar-refractivity contribution >= 4 is 21.6 Å². The summed E-state index contributed by atoms with van der Waals surface area (Å²) in [6, 6.07) is 7.39. The number of carbonyl (C=O) groups excluding carboxylic acids is 1. The minimum Gasteiger partial charge on any atom is -0.356 e. The maximum Gasteiger partial charge on any atom is 0.232 e. The number of hydrogen-bond donors (Lipinski definition) is 1. The van der Waals surface area contributed by atoms with Gasteiger partial charge in [0.15, 0.2) is 0 Å². The van der Waals surface area contributed by atoms with Crippen LogP contribution in [0.4, 0.5) is 5.69 Å². The Balaban J connectivity index is 2.86. The zero-order chi connectivity index (χ0) is 16.8. The molecule has 1 aromatic carbocycles. The Morgan fingerprint density at radius 2 is 1.91 bits per heavy atom. The summed E-state index contributed by atoms with van der Waals surface area (Å²) in [4.78, 5) is 11.8. The van der Waals surface area contributed by atoms with Gasteiger partial charge in [0.2, 0.25) is 15.9 Å². The summed E-state index contributed by atoms with van der Waals surface area (Å²) in [5.74, 6) is 0.243. The number of para-hydroxylation sites is 1. The molecular weight excluding hydrogens is 300 g/mol. The van der Waals surface area contributed by atoms with Crippen LogP contribution in [0, 0.1) is 5.92 Å². The van der Waals surface area contributed by atoms with E-state index in [2.05, 4.69) is 5.32 Å². The van der Waals surface area contributed by atoms with Gasteiger partial charge in [-0.15, -0.1) is 0 Å². The highest BCUT2D eigenvalue weighted by Crippen LogP contribution is 2.23. The third-order valence-corrected chi connectivity index (χ3v) is 4.47. The number of anilines is 1. The second-order valence-corrected chi connectivity index (χ2v) is 7.67. The molecule has 1 amide bonds. The van der Waals surface area contributed by atoms with Crippen LogP contribution in [-0.4, -0.2) is 33.7 Å². The molecule has 6 heteroatoms. The van der Waals surface area contributed by atoms with Crippen LogP contribution < -0.4 is 9.62 Å². The lowest BCUT2D eigenvalue weighted by molar-refractivity contribution is -0.121. The van der Waals surface area contributed by atoms with Gasteiger partial charge in [-0.25, -0.2) is 8.42 Å². The maximum absolute atomic E-state index is 12.1. The first kappa shape index (κ1) is 18.5. The summed E-state index contributed by atoms with van der Waals surface area (Å²) in [5, 5.41) is 2.81. The SMILES string of the molecule is CCc1ccccc1N(CCC(=O)NCC(C)C)S(C)(=O)=O. The highest BCUT2D eigenvalue weighted by atomic mass is 32.2. The molecule has 0 aliphatic carbocycles. The molecule has 0 saturated heterocycles. The van der Waals surface area contributed by atoms with Crippen molar-refractivity contribution in [2.75, 3.05) is 23.7 Å². The molecule has 1 aromatic rings. The smallest absolute Gasteiger partial charge is 0.232 e. The monoisotopic (exact) mass is 326 g/mol. The van der Waals surface area contributed by atoms with E-state index in [0.29, 0.717) is 18.2 Å². The summed E-state index contributed by atoms with van der Waals surface area (Å²) in [5.41, 5.74) is 1.61. The van der Waals surface area contributed by atoms with Crippen molar-refractivity contribution in [3.8, 4) is 0 Å². The van der Waals surface area contributed by atoms with Crippen molar-refractivity contribution in [2.24, 2.45) is 5.92 Å².